The second-order valence-corrected chi connectivity index (χ2v) is 7.37. The zero-order valence-electron chi connectivity index (χ0n) is 12.0. The summed E-state index contributed by atoms with van der Waals surface area (Å²) in [6.45, 7) is 3.87. The van der Waals surface area contributed by atoms with Crippen LogP contribution in [-0.2, 0) is 10.0 Å². The highest BCUT2D eigenvalue weighted by atomic mass is 32.2. The molecule has 1 atom stereocenters. The highest BCUT2D eigenvalue weighted by Gasteiger charge is 2.30. The fourth-order valence-electron chi connectivity index (χ4n) is 2.53. The minimum Gasteiger partial charge on any atom is -0.494 e. The Kier molecular flexibility index (Phi) is 5.43. The van der Waals surface area contributed by atoms with E-state index < -0.39 is 10.0 Å². The van der Waals surface area contributed by atoms with Gasteiger partial charge in [0.15, 0.2) is 0 Å². The van der Waals surface area contributed by atoms with E-state index in [1.807, 2.05) is 37.3 Å². The molecule has 1 saturated heterocycles. The lowest BCUT2D eigenvalue weighted by Crippen LogP contribution is -2.31. The monoisotopic (exact) mass is 297 g/mol. The van der Waals surface area contributed by atoms with E-state index in [9.17, 15) is 8.42 Å². The molecule has 0 amide bonds. The Labute approximate surface area is 121 Å². The molecule has 0 spiro atoms. The molecule has 0 aromatic heterocycles. The van der Waals surface area contributed by atoms with Crippen LogP contribution in [0.5, 0.6) is 5.75 Å². The van der Waals surface area contributed by atoms with Gasteiger partial charge in [-0.05, 0) is 37.3 Å². The number of hydrogen-bond acceptors (Lipinski definition) is 3. The van der Waals surface area contributed by atoms with Crippen molar-refractivity contribution < 1.29 is 13.2 Å². The van der Waals surface area contributed by atoms with Gasteiger partial charge in [-0.25, -0.2) is 12.7 Å². The van der Waals surface area contributed by atoms with E-state index in [0.717, 1.165) is 18.6 Å². The zero-order chi connectivity index (χ0) is 14.4. The zero-order valence-corrected chi connectivity index (χ0v) is 12.8. The lowest BCUT2D eigenvalue weighted by atomic mass is 10.1. The Balaban J connectivity index is 1.74. The predicted molar refractivity (Wildman–Crippen MR) is 80.3 cm³/mol. The second-order valence-electron chi connectivity index (χ2n) is 5.28. The Bertz CT molecular complexity index is 501. The van der Waals surface area contributed by atoms with E-state index in [1.165, 1.54) is 0 Å². The van der Waals surface area contributed by atoms with Crippen molar-refractivity contribution in [1.82, 2.24) is 4.31 Å². The minimum absolute atomic E-state index is 0.264. The molecule has 1 aliphatic heterocycles. The number of nitrogens with zero attached hydrogens (tertiary/aromatic N) is 1. The maximum atomic E-state index is 12.0. The topological polar surface area (TPSA) is 46.6 Å². The van der Waals surface area contributed by atoms with Gasteiger partial charge in [-0.15, -0.1) is 0 Å². The van der Waals surface area contributed by atoms with E-state index >= 15 is 0 Å². The van der Waals surface area contributed by atoms with Crippen molar-refractivity contribution >= 4 is 10.0 Å². The van der Waals surface area contributed by atoms with Crippen LogP contribution in [0.2, 0.25) is 0 Å². The lowest BCUT2D eigenvalue weighted by molar-refractivity contribution is 0.280. The largest absolute Gasteiger partial charge is 0.494 e. The molecule has 4 nitrogen and oxygen atoms in total. The van der Waals surface area contributed by atoms with Crippen LogP contribution in [0.3, 0.4) is 0 Å². The molecule has 1 unspecified atom stereocenters. The van der Waals surface area contributed by atoms with Crippen molar-refractivity contribution in [3.63, 3.8) is 0 Å². The van der Waals surface area contributed by atoms with Crippen molar-refractivity contribution in [2.45, 2.75) is 26.2 Å². The van der Waals surface area contributed by atoms with Gasteiger partial charge in [0.05, 0.1) is 12.4 Å². The van der Waals surface area contributed by atoms with Crippen LogP contribution in [0.15, 0.2) is 30.3 Å². The molecular weight excluding hydrogens is 274 g/mol. The fraction of sp³-hybridized carbons (Fsp3) is 0.600. The molecule has 1 aliphatic rings. The third kappa shape index (κ3) is 4.21. The molecule has 5 heteroatoms. The highest BCUT2D eigenvalue weighted by Crippen LogP contribution is 2.23. The van der Waals surface area contributed by atoms with Crippen LogP contribution in [-0.4, -0.2) is 38.2 Å². The van der Waals surface area contributed by atoms with E-state index in [4.69, 9.17) is 4.74 Å². The SMILES string of the molecule is CCCS(=O)(=O)N1CCC(CCOc2ccccc2)C1. The van der Waals surface area contributed by atoms with Crippen LogP contribution in [0, 0.1) is 5.92 Å². The van der Waals surface area contributed by atoms with E-state index in [0.29, 0.717) is 32.0 Å². The highest BCUT2D eigenvalue weighted by molar-refractivity contribution is 7.89. The van der Waals surface area contributed by atoms with E-state index in [-0.39, 0.29) is 5.75 Å². The molecule has 0 bridgehead atoms. The molecule has 0 aliphatic carbocycles. The molecule has 20 heavy (non-hydrogen) atoms. The summed E-state index contributed by atoms with van der Waals surface area (Å²) < 4.78 is 31.2. The van der Waals surface area contributed by atoms with Crippen LogP contribution in [0.1, 0.15) is 26.2 Å². The minimum atomic E-state index is -3.03. The maximum absolute atomic E-state index is 12.0. The van der Waals surface area contributed by atoms with Crippen LogP contribution < -0.4 is 4.74 Å². The first-order chi connectivity index (χ1) is 9.62. The number of rotatable bonds is 7. The molecule has 1 aromatic rings. The van der Waals surface area contributed by atoms with Crippen LogP contribution >= 0.6 is 0 Å². The molecule has 0 radical (unpaired) electrons. The van der Waals surface area contributed by atoms with Gasteiger partial charge in [-0.1, -0.05) is 25.1 Å². The van der Waals surface area contributed by atoms with Crippen molar-refractivity contribution in [3.05, 3.63) is 30.3 Å². The number of benzene rings is 1. The predicted octanol–water partition coefficient (Wildman–Crippen LogP) is 2.52. The summed E-state index contributed by atoms with van der Waals surface area (Å²) in [7, 11) is -3.03. The van der Waals surface area contributed by atoms with Gasteiger partial charge in [0, 0.05) is 13.1 Å². The van der Waals surface area contributed by atoms with Gasteiger partial charge < -0.3 is 4.74 Å². The maximum Gasteiger partial charge on any atom is 0.214 e. The summed E-state index contributed by atoms with van der Waals surface area (Å²) in [5.41, 5.74) is 0. The first-order valence-electron chi connectivity index (χ1n) is 7.27. The van der Waals surface area contributed by atoms with Crippen molar-refractivity contribution in [2.24, 2.45) is 5.92 Å². The molecular formula is C15H23NO3S. The molecule has 0 saturated carbocycles. The first-order valence-corrected chi connectivity index (χ1v) is 8.88. The molecule has 1 aromatic carbocycles. The standard InChI is InChI=1S/C15H23NO3S/c1-2-12-20(17,18)16-10-8-14(13-16)9-11-19-15-6-4-3-5-7-15/h3-7,14H,2,8-13H2,1H3. The average Bonchev–Trinajstić information content (AvgIpc) is 2.90. The summed E-state index contributed by atoms with van der Waals surface area (Å²) in [5.74, 6) is 1.56. The van der Waals surface area contributed by atoms with E-state index in [1.54, 1.807) is 4.31 Å². The van der Waals surface area contributed by atoms with Crippen LogP contribution in [0.4, 0.5) is 0 Å². The third-order valence-corrected chi connectivity index (χ3v) is 5.68. The van der Waals surface area contributed by atoms with Crippen molar-refractivity contribution in [1.29, 1.82) is 0 Å². The molecule has 0 N–H and O–H groups in total. The van der Waals surface area contributed by atoms with Gasteiger partial charge in [0.2, 0.25) is 10.0 Å². The quantitative estimate of drug-likeness (QED) is 0.777. The third-order valence-electron chi connectivity index (χ3n) is 3.64. The van der Waals surface area contributed by atoms with Crippen molar-refractivity contribution in [3.8, 4) is 5.75 Å². The van der Waals surface area contributed by atoms with E-state index in [2.05, 4.69) is 0 Å². The Morgan fingerprint density at radius 3 is 2.75 bits per heavy atom. The smallest absolute Gasteiger partial charge is 0.214 e. The summed E-state index contributed by atoms with van der Waals surface area (Å²) in [6, 6.07) is 9.73. The summed E-state index contributed by atoms with van der Waals surface area (Å²) >= 11 is 0. The second kappa shape index (κ2) is 7.09. The number of hydrogen-bond donors (Lipinski definition) is 0. The van der Waals surface area contributed by atoms with Crippen LogP contribution in [0.25, 0.3) is 0 Å². The number of ether oxygens (including phenoxy) is 1. The van der Waals surface area contributed by atoms with Gasteiger partial charge in [-0.2, -0.15) is 0 Å². The average molecular weight is 297 g/mol. The normalized spacial score (nSPS) is 20.1. The Hall–Kier alpha value is -1.07. The number of para-hydroxylation sites is 1. The Morgan fingerprint density at radius 1 is 1.30 bits per heavy atom. The van der Waals surface area contributed by atoms with Crippen molar-refractivity contribution in [2.75, 3.05) is 25.4 Å². The Morgan fingerprint density at radius 2 is 2.05 bits per heavy atom. The van der Waals surface area contributed by atoms with Gasteiger partial charge in [-0.3, -0.25) is 0 Å². The van der Waals surface area contributed by atoms with Gasteiger partial charge in [0.1, 0.15) is 5.75 Å². The van der Waals surface area contributed by atoms with Gasteiger partial charge in [0.25, 0.3) is 0 Å². The molecule has 2 rings (SSSR count). The first kappa shape index (κ1) is 15.3. The number of sulfonamides is 1. The molecule has 112 valence electrons. The fourth-order valence-corrected chi connectivity index (χ4v) is 4.13. The summed E-state index contributed by atoms with van der Waals surface area (Å²) in [6.07, 6.45) is 2.54. The van der Waals surface area contributed by atoms with Gasteiger partial charge >= 0.3 is 0 Å². The lowest BCUT2D eigenvalue weighted by Gasteiger charge is -2.16. The molecule has 1 heterocycles. The molecule has 1 fully saturated rings. The summed E-state index contributed by atoms with van der Waals surface area (Å²) in [4.78, 5) is 0. The summed E-state index contributed by atoms with van der Waals surface area (Å²) in [5, 5.41) is 0.